The molecule has 2 saturated heterocycles. The zero-order valence-electron chi connectivity index (χ0n) is 21.4. The van der Waals surface area contributed by atoms with Crippen LogP contribution < -0.4 is 10.3 Å². The number of imidazole rings is 1. The van der Waals surface area contributed by atoms with Gasteiger partial charge in [0.2, 0.25) is 10.0 Å². The van der Waals surface area contributed by atoms with Crippen LogP contribution in [-0.4, -0.2) is 76.0 Å². The predicted molar refractivity (Wildman–Crippen MR) is 137 cm³/mol. The minimum atomic E-state index is -3.74. The SMILES string of the molecule is CCCc1nc(C)c2c(=O)[nH]c(-c3cc(S(=O)(=O)N4CCC5(CCCN5C)C4)ccc3OCC)nn12. The van der Waals surface area contributed by atoms with Gasteiger partial charge in [0.1, 0.15) is 11.6 Å². The Morgan fingerprint density at radius 3 is 2.69 bits per heavy atom. The molecule has 0 bridgehead atoms. The molecule has 36 heavy (non-hydrogen) atoms. The van der Waals surface area contributed by atoms with E-state index in [0.717, 1.165) is 32.2 Å². The lowest BCUT2D eigenvalue weighted by atomic mass is 9.96. The first-order valence-electron chi connectivity index (χ1n) is 12.7. The van der Waals surface area contributed by atoms with Crippen molar-refractivity contribution in [3.8, 4) is 17.1 Å². The molecular formula is C25H34N6O4S. The Morgan fingerprint density at radius 2 is 2.00 bits per heavy atom. The maximum atomic E-state index is 13.7. The van der Waals surface area contributed by atoms with Crippen molar-refractivity contribution in [2.75, 3.05) is 33.3 Å². The number of ether oxygens (including phenoxy) is 1. The minimum Gasteiger partial charge on any atom is -0.493 e. The average Bonchev–Trinajstić information content (AvgIpc) is 3.53. The first-order valence-corrected chi connectivity index (χ1v) is 14.1. The molecule has 2 aliphatic heterocycles. The highest BCUT2D eigenvalue weighted by molar-refractivity contribution is 7.89. The van der Waals surface area contributed by atoms with Gasteiger partial charge in [-0.3, -0.25) is 9.69 Å². The summed E-state index contributed by atoms with van der Waals surface area (Å²) in [5, 5.41) is 4.68. The highest BCUT2D eigenvalue weighted by Crippen LogP contribution is 2.39. The molecule has 1 unspecified atom stereocenters. The van der Waals surface area contributed by atoms with Crippen molar-refractivity contribution < 1.29 is 13.2 Å². The molecule has 0 radical (unpaired) electrons. The van der Waals surface area contributed by atoms with E-state index in [2.05, 4.69) is 27.0 Å². The summed E-state index contributed by atoms with van der Waals surface area (Å²) in [4.78, 5) is 22.8. The molecule has 10 nitrogen and oxygen atoms in total. The molecule has 0 amide bonds. The predicted octanol–water partition coefficient (Wildman–Crippen LogP) is 2.60. The number of likely N-dealkylation sites (N-methyl/N-ethyl adjacent to an activating group) is 1. The van der Waals surface area contributed by atoms with E-state index in [-0.39, 0.29) is 21.8 Å². The van der Waals surface area contributed by atoms with E-state index in [0.29, 0.717) is 54.5 Å². The van der Waals surface area contributed by atoms with Gasteiger partial charge in [0.15, 0.2) is 11.3 Å². The fraction of sp³-hybridized carbons (Fsp3) is 0.560. The van der Waals surface area contributed by atoms with E-state index < -0.39 is 10.0 Å². The van der Waals surface area contributed by atoms with E-state index in [1.54, 1.807) is 33.9 Å². The number of hydrogen-bond donors (Lipinski definition) is 1. The molecule has 0 aliphatic carbocycles. The maximum Gasteiger partial charge on any atom is 0.277 e. The van der Waals surface area contributed by atoms with Crippen LogP contribution in [0.3, 0.4) is 0 Å². The standard InChI is InChI=1S/C25H34N6O4S/c1-5-8-21-26-17(3)22-24(32)27-23(28-31(21)22)19-15-18(9-10-20(19)35-6-2)36(33,34)30-14-12-25(16-30)11-7-13-29(25)4/h9-10,15H,5-8,11-14,16H2,1-4H3,(H,27,28,32). The van der Waals surface area contributed by atoms with E-state index in [1.165, 1.54) is 0 Å². The second kappa shape index (κ2) is 9.28. The van der Waals surface area contributed by atoms with E-state index in [1.807, 2.05) is 13.8 Å². The van der Waals surface area contributed by atoms with Crippen LogP contribution in [0.4, 0.5) is 0 Å². The molecule has 2 aliphatic rings. The third-order valence-electron chi connectivity index (χ3n) is 7.60. The first-order chi connectivity index (χ1) is 17.2. The third kappa shape index (κ3) is 4.03. The van der Waals surface area contributed by atoms with Gasteiger partial charge in [-0.2, -0.15) is 4.31 Å². The summed E-state index contributed by atoms with van der Waals surface area (Å²) in [6.45, 7) is 8.05. The molecule has 1 aromatic carbocycles. The van der Waals surface area contributed by atoms with Gasteiger partial charge in [-0.1, -0.05) is 6.92 Å². The summed E-state index contributed by atoms with van der Waals surface area (Å²) >= 11 is 0. The zero-order valence-corrected chi connectivity index (χ0v) is 22.2. The molecule has 1 spiro atoms. The van der Waals surface area contributed by atoms with E-state index in [9.17, 15) is 13.2 Å². The molecule has 3 aromatic rings. The fourth-order valence-corrected chi connectivity index (χ4v) is 7.19. The van der Waals surface area contributed by atoms with Crippen LogP contribution in [0.2, 0.25) is 0 Å². The van der Waals surface area contributed by atoms with Gasteiger partial charge in [-0.25, -0.2) is 17.9 Å². The van der Waals surface area contributed by atoms with Crippen molar-refractivity contribution in [3.05, 3.63) is 40.1 Å². The van der Waals surface area contributed by atoms with Crippen LogP contribution >= 0.6 is 0 Å². The van der Waals surface area contributed by atoms with Crippen molar-refractivity contribution in [2.24, 2.45) is 0 Å². The van der Waals surface area contributed by atoms with Gasteiger partial charge in [0, 0.05) is 25.0 Å². The number of hydrogen-bond acceptors (Lipinski definition) is 7. The monoisotopic (exact) mass is 514 g/mol. The second-order valence-electron chi connectivity index (χ2n) is 9.86. The highest BCUT2D eigenvalue weighted by atomic mass is 32.2. The number of likely N-dealkylation sites (tertiary alicyclic amines) is 1. The number of aromatic amines is 1. The quantitative estimate of drug-likeness (QED) is 0.516. The molecule has 0 saturated carbocycles. The van der Waals surface area contributed by atoms with Crippen molar-refractivity contribution >= 4 is 15.5 Å². The Balaban J connectivity index is 1.59. The Hall–Kier alpha value is -2.76. The summed E-state index contributed by atoms with van der Waals surface area (Å²) in [6.07, 6.45) is 4.46. The normalized spacial score (nSPS) is 21.2. The van der Waals surface area contributed by atoms with Crippen LogP contribution in [0, 0.1) is 6.92 Å². The number of H-pyrrole nitrogens is 1. The van der Waals surface area contributed by atoms with Crippen LogP contribution in [0.1, 0.15) is 51.0 Å². The lowest BCUT2D eigenvalue weighted by Gasteiger charge is -2.31. The summed E-state index contributed by atoms with van der Waals surface area (Å²) in [5.41, 5.74) is 1.03. The number of nitrogens with one attached hydrogen (secondary N) is 1. The summed E-state index contributed by atoms with van der Waals surface area (Å²) in [6, 6.07) is 4.79. The number of benzene rings is 1. The van der Waals surface area contributed by atoms with E-state index in [4.69, 9.17) is 4.74 Å². The minimum absolute atomic E-state index is 0.0754. The molecule has 1 atom stereocenters. The summed E-state index contributed by atoms with van der Waals surface area (Å²) < 4.78 is 36.4. The largest absolute Gasteiger partial charge is 0.493 e. The molecule has 2 aromatic heterocycles. The van der Waals surface area contributed by atoms with Gasteiger partial charge >= 0.3 is 0 Å². The zero-order chi connectivity index (χ0) is 25.7. The number of aromatic nitrogens is 4. The first kappa shape index (κ1) is 24.9. The summed E-state index contributed by atoms with van der Waals surface area (Å²) in [5.74, 6) is 1.40. The van der Waals surface area contributed by atoms with Crippen LogP contribution in [0.15, 0.2) is 27.9 Å². The lowest BCUT2D eigenvalue weighted by molar-refractivity contribution is 0.188. The molecule has 2 fully saturated rings. The van der Waals surface area contributed by atoms with Gasteiger partial charge in [0.05, 0.1) is 22.8 Å². The van der Waals surface area contributed by atoms with Crippen molar-refractivity contribution in [3.63, 3.8) is 0 Å². The lowest BCUT2D eigenvalue weighted by Crippen LogP contribution is -2.44. The van der Waals surface area contributed by atoms with E-state index >= 15 is 0 Å². The van der Waals surface area contributed by atoms with Gasteiger partial charge in [0.25, 0.3) is 5.56 Å². The van der Waals surface area contributed by atoms with Gasteiger partial charge in [-0.05, 0) is 71.3 Å². The van der Waals surface area contributed by atoms with Crippen molar-refractivity contribution in [1.82, 2.24) is 28.8 Å². The van der Waals surface area contributed by atoms with Gasteiger partial charge < -0.3 is 9.72 Å². The van der Waals surface area contributed by atoms with Crippen LogP contribution in [-0.2, 0) is 16.4 Å². The maximum absolute atomic E-state index is 13.7. The third-order valence-corrected chi connectivity index (χ3v) is 9.44. The van der Waals surface area contributed by atoms with Crippen LogP contribution in [0.5, 0.6) is 5.75 Å². The Kier molecular flexibility index (Phi) is 6.42. The molecule has 5 rings (SSSR count). The Labute approximate surface area is 211 Å². The Morgan fingerprint density at radius 1 is 1.19 bits per heavy atom. The highest BCUT2D eigenvalue weighted by Gasteiger charge is 2.47. The topological polar surface area (TPSA) is 113 Å². The fourth-order valence-electron chi connectivity index (χ4n) is 5.64. The second-order valence-corrected chi connectivity index (χ2v) is 11.8. The van der Waals surface area contributed by atoms with Crippen LogP contribution in [0.25, 0.3) is 16.9 Å². The number of sulfonamides is 1. The number of fused-ring (bicyclic) bond motifs is 1. The number of rotatable bonds is 7. The Bertz CT molecular complexity index is 1460. The molecule has 194 valence electrons. The molecule has 1 N–H and O–H groups in total. The number of aryl methyl sites for hydroxylation is 2. The molecular weight excluding hydrogens is 480 g/mol. The van der Waals surface area contributed by atoms with Crippen molar-refractivity contribution in [1.29, 1.82) is 0 Å². The molecule has 11 heteroatoms. The number of nitrogens with zero attached hydrogens (tertiary/aromatic N) is 5. The smallest absolute Gasteiger partial charge is 0.277 e. The average molecular weight is 515 g/mol. The van der Waals surface area contributed by atoms with Gasteiger partial charge in [-0.15, -0.1) is 5.10 Å². The van der Waals surface area contributed by atoms with Crippen molar-refractivity contribution in [2.45, 2.75) is 63.3 Å². The molecule has 4 heterocycles. The summed E-state index contributed by atoms with van der Waals surface area (Å²) in [7, 11) is -1.66.